The van der Waals surface area contributed by atoms with Crippen LogP contribution in [-0.4, -0.2) is 63.8 Å². The minimum absolute atomic E-state index is 0.0423. The molecule has 9 nitrogen and oxygen atoms in total. The van der Waals surface area contributed by atoms with Crippen LogP contribution in [0.3, 0.4) is 0 Å². The van der Waals surface area contributed by atoms with Gasteiger partial charge in [-0.15, -0.1) is 0 Å². The lowest BCUT2D eigenvalue weighted by atomic mass is 9.94. The molecule has 0 saturated carbocycles. The Labute approximate surface area is 187 Å². The number of urea groups is 1. The second kappa shape index (κ2) is 9.76. The van der Waals surface area contributed by atoms with Gasteiger partial charge >= 0.3 is 6.03 Å². The van der Waals surface area contributed by atoms with Gasteiger partial charge in [0.2, 0.25) is 11.8 Å². The first-order valence-electron chi connectivity index (χ1n) is 11.0. The molecule has 2 aliphatic heterocycles. The number of aromatic nitrogens is 2. The molecule has 2 fully saturated rings. The van der Waals surface area contributed by atoms with Crippen LogP contribution in [0.4, 0.5) is 16.4 Å². The van der Waals surface area contributed by atoms with Gasteiger partial charge in [-0.1, -0.05) is 12.1 Å². The molecule has 2 aromatic rings. The van der Waals surface area contributed by atoms with E-state index >= 15 is 0 Å². The van der Waals surface area contributed by atoms with E-state index in [-0.39, 0.29) is 37.1 Å². The summed E-state index contributed by atoms with van der Waals surface area (Å²) >= 11 is 0. The van der Waals surface area contributed by atoms with Crippen LogP contribution in [0.1, 0.15) is 42.9 Å². The number of nitrogens with one attached hydrogen (secondary N) is 2. The monoisotopic (exact) mass is 436 g/mol. The standard InChI is InChI=1S/C23H28N6O3/c1-16-5-3-11-24-22(16)27-19-8-2-7-18(26-19)17-6-4-13-28(15-17)20(30)10-14-29-21(31)9-12-25-23(29)32/h2-3,5,7-8,11,17H,4,6,9-10,12-15H2,1H3,(H,25,32)(H,24,26,27)/t17-/m1/s1. The molecule has 0 bridgehead atoms. The highest BCUT2D eigenvalue weighted by molar-refractivity contribution is 5.97. The number of likely N-dealkylation sites (tertiary alicyclic amines) is 1. The molecule has 2 aliphatic rings. The zero-order valence-corrected chi connectivity index (χ0v) is 18.2. The number of anilines is 2. The predicted molar refractivity (Wildman–Crippen MR) is 119 cm³/mol. The first kappa shape index (κ1) is 21.7. The minimum Gasteiger partial charge on any atom is -0.342 e. The summed E-state index contributed by atoms with van der Waals surface area (Å²) in [4.78, 5) is 48.7. The summed E-state index contributed by atoms with van der Waals surface area (Å²) in [5, 5.41) is 5.92. The maximum atomic E-state index is 12.8. The number of hydrogen-bond donors (Lipinski definition) is 2. The summed E-state index contributed by atoms with van der Waals surface area (Å²) in [5.41, 5.74) is 1.97. The zero-order valence-electron chi connectivity index (χ0n) is 18.2. The second-order valence-corrected chi connectivity index (χ2v) is 8.20. The Kier molecular flexibility index (Phi) is 6.63. The van der Waals surface area contributed by atoms with Gasteiger partial charge in [0.15, 0.2) is 0 Å². The largest absolute Gasteiger partial charge is 0.342 e. The summed E-state index contributed by atoms with van der Waals surface area (Å²) < 4.78 is 0. The molecule has 0 aliphatic carbocycles. The van der Waals surface area contributed by atoms with Crippen LogP contribution >= 0.6 is 0 Å². The van der Waals surface area contributed by atoms with E-state index in [4.69, 9.17) is 4.98 Å². The Bertz CT molecular complexity index is 995. The average Bonchev–Trinajstić information content (AvgIpc) is 2.80. The third-order valence-electron chi connectivity index (χ3n) is 5.93. The topological polar surface area (TPSA) is 108 Å². The Morgan fingerprint density at radius 2 is 2.12 bits per heavy atom. The smallest absolute Gasteiger partial charge is 0.324 e. The third-order valence-corrected chi connectivity index (χ3v) is 5.93. The molecule has 1 atom stereocenters. The highest BCUT2D eigenvalue weighted by Gasteiger charge is 2.29. The number of carbonyl (C=O) groups is 3. The van der Waals surface area contributed by atoms with Crippen LogP contribution in [0.25, 0.3) is 0 Å². The first-order chi connectivity index (χ1) is 15.5. The maximum absolute atomic E-state index is 12.8. The molecule has 4 amide bonds. The maximum Gasteiger partial charge on any atom is 0.324 e. The predicted octanol–water partition coefficient (Wildman–Crippen LogP) is 2.57. The molecule has 0 radical (unpaired) electrons. The van der Waals surface area contributed by atoms with E-state index < -0.39 is 6.03 Å². The summed E-state index contributed by atoms with van der Waals surface area (Å²) in [5.74, 6) is 1.37. The molecule has 168 valence electrons. The normalized spacial score (nSPS) is 19.0. The SMILES string of the molecule is Cc1cccnc1Nc1cccc([C@@H]2CCCN(C(=O)CCN3C(=O)CCNC3=O)C2)n1. The van der Waals surface area contributed by atoms with E-state index in [0.717, 1.165) is 40.6 Å². The van der Waals surface area contributed by atoms with E-state index in [9.17, 15) is 14.4 Å². The molecular weight excluding hydrogens is 408 g/mol. The molecule has 0 spiro atoms. The fourth-order valence-corrected chi connectivity index (χ4v) is 4.14. The van der Waals surface area contributed by atoms with Crippen LogP contribution < -0.4 is 10.6 Å². The second-order valence-electron chi connectivity index (χ2n) is 8.20. The summed E-state index contributed by atoms with van der Waals surface area (Å²) in [6.45, 7) is 3.73. The number of piperidine rings is 1. The van der Waals surface area contributed by atoms with Gasteiger partial charge < -0.3 is 15.5 Å². The zero-order chi connectivity index (χ0) is 22.5. The van der Waals surface area contributed by atoms with Crippen molar-refractivity contribution in [2.24, 2.45) is 0 Å². The van der Waals surface area contributed by atoms with Crippen molar-refractivity contribution in [3.8, 4) is 0 Å². The van der Waals surface area contributed by atoms with Crippen molar-refractivity contribution in [2.75, 3.05) is 31.5 Å². The van der Waals surface area contributed by atoms with E-state index in [2.05, 4.69) is 15.6 Å². The van der Waals surface area contributed by atoms with Crippen LogP contribution in [0, 0.1) is 6.92 Å². The number of amides is 4. The quantitative estimate of drug-likeness (QED) is 0.721. The molecule has 4 rings (SSSR count). The van der Waals surface area contributed by atoms with Crippen LogP contribution in [-0.2, 0) is 9.59 Å². The van der Waals surface area contributed by atoms with Crippen molar-refractivity contribution in [1.82, 2.24) is 25.1 Å². The molecule has 2 N–H and O–H groups in total. The van der Waals surface area contributed by atoms with Gasteiger partial charge in [-0.3, -0.25) is 14.5 Å². The highest BCUT2D eigenvalue weighted by atomic mass is 16.2. The van der Waals surface area contributed by atoms with Crippen molar-refractivity contribution in [3.63, 3.8) is 0 Å². The minimum atomic E-state index is -0.415. The Hall–Kier alpha value is -3.49. The van der Waals surface area contributed by atoms with E-state index in [1.165, 1.54) is 0 Å². The van der Waals surface area contributed by atoms with Gasteiger partial charge in [-0.25, -0.2) is 14.8 Å². The fourth-order valence-electron chi connectivity index (χ4n) is 4.14. The summed E-state index contributed by atoms with van der Waals surface area (Å²) in [6.07, 6.45) is 4.00. The number of imide groups is 1. The lowest BCUT2D eigenvalue weighted by Gasteiger charge is -2.33. The Morgan fingerprint density at radius 1 is 1.25 bits per heavy atom. The van der Waals surface area contributed by atoms with Gasteiger partial charge in [-0.05, 0) is 43.5 Å². The van der Waals surface area contributed by atoms with E-state index in [1.807, 2.05) is 42.2 Å². The van der Waals surface area contributed by atoms with Gasteiger partial charge in [0.05, 0.1) is 0 Å². The van der Waals surface area contributed by atoms with Crippen molar-refractivity contribution in [1.29, 1.82) is 0 Å². The molecule has 0 aromatic carbocycles. The fraction of sp³-hybridized carbons (Fsp3) is 0.435. The number of aryl methyl sites for hydroxylation is 1. The van der Waals surface area contributed by atoms with Crippen molar-refractivity contribution >= 4 is 29.5 Å². The van der Waals surface area contributed by atoms with Crippen molar-refractivity contribution < 1.29 is 14.4 Å². The lowest BCUT2D eigenvalue weighted by molar-refractivity contribution is -0.134. The van der Waals surface area contributed by atoms with Gasteiger partial charge in [0, 0.05) is 56.8 Å². The molecule has 4 heterocycles. The van der Waals surface area contributed by atoms with E-state index in [0.29, 0.717) is 19.6 Å². The number of nitrogens with zero attached hydrogens (tertiary/aromatic N) is 4. The van der Waals surface area contributed by atoms with E-state index in [1.54, 1.807) is 6.20 Å². The molecular formula is C23H28N6O3. The molecule has 0 unspecified atom stereocenters. The summed E-state index contributed by atoms with van der Waals surface area (Å²) in [6, 6.07) is 9.33. The van der Waals surface area contributed by atoms with Crippen LogP contribution in [0.15, 0.2) is 36.5 Å². The first-order valence-corrected chi connectivity index (χ1v) is 11.0. The Balaban J connectivity index is 1.37. The number of rotatable bonds is 6. The summed E-state index contributed by atoms with van der Waals surface area (Å²) in [7, 11) is 0. The van der Waals surface area contributed by atoms with Gasteiger partial charge in [0.1, 0.15) is 11.6 Å². The Morgan fingerprint density at radius 3 is 2.94 bits per heavy atom. The average molecular weight is 437 g/mol. The molecule has 9 heteroatoms. The van der Waals surface area contributed by atoms with Crippen molar-refractivity contribution in [2.45, 2.75) is 38.5 Å². The van der Waals surface area contributed by atoms with Gasteiger partial charge in [-0.2, -0.15) is 0 Å². The number of carbonyl (C=O) groups excluding carboxylic acids is 3. The molecule has 2 aromatic heterocycles. The number of hydrogen-bond acceptors (Lipinski definition) is 6. The lowest BCUT2D eigenvalue weighted by Crippen LogP contribution is -2.51. The number of pyridine rings is 2. The molecule has 32 heavy (non-hydrogen) atoms. The van der Waals surface area contributed by atoms with Crippen LogP contribution in [0.2, 0.25) is 0 Å². The third kappa shape index (κ3) is 5.04. The van der Waals surface area contributed by atoms with Crippen LogP contribution in [0.5, 0.6) is 0 Å². The van der Waals surface area contributed by atoms with Gasteiger partial charge in [0.25, 0.3) is 0 Å². The highest BCUT2D eigenvalue weighted by Crippen LogP contribution is 2.27. The van der Waals surface area contributed by atoms with Crippen molar-refractivity contribution in [3.05, 3.63) is 47.8 Å². The molecule has 2 saturated heterocycles.